The normalized spacial score (nSPS) is 12.2. The maximum absolute atomic E-state index is 11.1. The Morgan fingerprint density at radius 1 is 0.655 bits per heavy atom. The summed E-state index contributed by atoms with van der Waals surface area (Å²) < 4.78 is 0. The van der Waals surface area contributed by atoms with E-state index >= 15 is 0 Å². The summed E-state index contributed by atoms with van der Waals surface area (Å²) in [5.41, 5.74) is 0. The Morgan fingerprint density at radius 2 is 1.07 bits per heavy atom. The van der Waals surface area contributed by atoms with Crippen molar-refractivity contribution in [3.8, 4) is 0 Å². The van der Waals surface area contributed by atoms with E-state index < -0.39 is 7.26 Å². The first kappa shape index (κ1) is 23.8. The van der Waals surface area contributed by atoms with Gasteiger partial charge in [-0.3, -0.25) is 0 Å². The Hall–Kier alpha value is -1.47. The Balaban J connectivity index is 0.00000300. The lowest BCUT2D eigenvalue weighted by Crippen LogP contribution is -3.00. The molecule has 1 N–H and O–H groups in total. The molecule has 0 aliphatic heterocycles. The van der Waals surface area contributed by atoms with Crippen LogP contribution in [0.5, 0.6) is 0 Å². The van der Waals surface area contributed by atoms with E-state index in [-0.39, 0.29) is 23.1 Å². The molecule has 0 fully saturated rings. The van der Waals surface area contributed by atoms with Crippen LogP contribution in [0.1, 0.15) is 39.0 Å². The van der Waals surface area contributed by atoms with E-state index in [4.69, 9.17) is 0 Å². The average molecular weight is 471 g/mol. The summed E-state index contributed by atoms with van der Waals surface area (Å²) in [6.45, 7) is 2.23. The molecule has 1 unspecified atom stereocenters. The minimum Gasteiger partial charge on any atom is -1.00 e. The van der Waals surface area contributed by atoms with Gasteiger partial charge in [-0.15, -0.1) is 0 Å². The van der Waals surface area contributed by atoms with Gasteiger partial charge < -0.3 is 22.1 Å². The highest BCUT2D eigenvalue weighted by Gasteiger charge is 2.46. The van der Waals surface area contributed by atoms with Gasteiger partial charge >= 0.3 is 0 Å². The third-order valence-corrected chi connectivity index (χ3v) is 9.97. The van der Waals surface area contributed by atoms with Crippen molar-refractivity contribution in [1.29, 1.82) is 0 Å². The molecule has 3 heteroatoms. The van der Waals surface area contributed by atoms with Crippen molar-refractivity contribution in [2.24, 2.45) is 0 Å². The summed E-state index contributed by atoms with van der Waals surface area (Å²) in [6, 6.07) is 32.5. The van der Waals surface area contributed by atoms with Crippen LogP contribution < -0.4 is 32.9 Å². The quantitative estimate of drug-likeness (QED) is 0.356. The molecule has 3 rings (SSSR count). The third kappa shape index (κ3) is 6.01. The van der Waals surface area contributed by atoms with E-state index in [0.29, 0.717) is 0 Å². The van der Waals surface area contributed by atoms with Gasteiger partial charge in [0.2, 0.25) is 0 Å². The molecule has 1 atom stereocenters. The molecule has 0 saturated heterocycles. The molecule has 0 spiro atoms. The highest BCUT2D eigenvalue weighted by atomic mass is 79.9. The second-order valence-electron chi connectivity index (χ2n) is 7.50. The lowest BCUT2D eigenvalue weighted by atomic mass is 10.1. The van der Waals surface area contributed by atoms with E-state index in [2.05, 4.69) is 97.9 Å². The van der Waals surface area contributed by atoms with Gasteiger partial charge in [-0.2, -0.15) is 0 Å². The van der Waals surface area contributed by atoms with Crippen LogP contribution >= 0.6 is 7.26 Å². The van der Waals surface area contributed by atoms with Crippen LogP contribution in [0, 0.1) is 0 Å². The van der Waals surface area contributed by atoms with Gasteiger partial charge in [-0.25, -0.2) is 0 Å². The molecule has 0 aliphatic rings. The zero-order chi connectivity index (χ0) is 19.7. The molecule has 29 heavy (non-hydrogen) atoms. The van der Waals surface area contributed by atoms with Crippen LogP contribution in [0.15, 0.2) is 91.0 Å². The van der Waals surface area contributed by atoms with Gasteiger partial charge in [0.05, 0.1) is 12.3 Å². The molecule has 0 heterocycles. The first-order valence-electron chi connectivity index (χ1n) is 10.5. The standard InChI is InChI=1S/C26H32OP.BrH/c1-2-3-4-8-15-23(27)22-28(24-16-9-5-10-17-24,25-18-11-6-12-19-25)26-20-13-7-14-21-26;/h5-7,9-14,16-21,23,27H,2-4,8,15,22H2,1H3;1H/q+1;/p-1. The SMILES string of the molecule is CCCCCCC(O)C[P+](c1ccccc1)(c1ccccc1)c1ccccc1.[Br-]. The lowest BCUT2D eigenvalue weighted by Gasteiger charge is -2.29. The van der Waals surface area contributed by atoms with E-state index in [1.54, 1.807) is 0 Å². The Morgan fingerprint density at radius 3 is 1.45 bits per heavy atom. The van der Waals surface area contributed by atoms with Crippen molar-refractivity contribution >= 4 is 23.2 Å². The van der Waals surface area contributed by atoms with Gasteiger partial charge in [0, 0.05) is 0 Å². The van der Waals surface area contributed by atoms with Crippen molar-refractivity contribution in [3.63, 3.8) is 0 Å². The summed E-state index contributed by atoms with van der Waals surface area (Å²) in [6.07, 6.45) is 6.19. The number of rotatable bonds is 10. The second kappa shape index (κ2) is 12.3. The van der Waals surface area contributed by atoms with Crippen LogP contribution in [-0.2, 0) is 0 Å². The summed E-state index contributed by atoms with van der Waals surface area (Å²) >= 11 is 0. The van der Waals surface area contributed by atoms with Crippen LogP contribution in [0.3, 0.4) is 0 Å². The van der Waals surface area contributed by atoms with Crippen LogP contribution in [0.2, 0.25) is 0 Å². The zero-order valence-corrected chi connectivity index (χ0v) is 19.7. The maximum Gasteiger partial charge on any atom is 0.114 e. The minimum atomic E-state index is -1.91. The molecule has 3 aromatic rings. The number of halogens is 1. The van der Waals surface area contributed by atoms with Gasteiger partial charge in [0.15, 0.2) is 0 Å². The fraction of sp³-hybridized carbons (Fsp3) is 0.308. The van der Waals surface area contributed by atoms with Crippen LogP contribution in [0.25, 0.3) is 0 Å². The highest BCUT2D eigenvalue weighted by molar-refractivity contribution is 7.95. The van der Waals surface area contributed by atoms with Gasteiger partial charge in [-0.05, 0) is 42.8 Å². The van der Waals surface area contributed by atoms with Gasteiger partial charge in [0.1, 0.15) is 23.2 Å². The topological polar surface area (TPSA) is 20.2 Å². The predicted octanol–water partition coefficient (Wildman–Crippen LogP) is 2.32. The first-order chi connectivity index (χ1) is 13.8. The molecular formula is C26H32BrOP. The number of benzene rings is 3. The van der Waals surface area contributed by atoms with Crippen molar-refractivity contribution in [1.82, 2.24) is 0 Å². The molecular weight excluding hydrogens is 439 g/mol. The summed E-state index contributed by atoms with van der Waals surface area (Å²) in [7, 11) is -1.91. The summed E-state index contributed by atoms with van der Waals surface area (Å²) in [5, 5.41) is 15.1. The number of hydrogen-bond donors (Lipinski definition) is 1. The molecule has 0 saturated carbocycles. The van der Waals surface area contributed by atoms with Crippen molar-refractivity contribution in [2.45, 2.75) is 45.1 Å². The van der Waals surface area contributed by atoms with E-state index in [1.165, 1.54) is 35.2 Å². The van der Waals surface area contributed by atoms with Crippen molar-refractivity contribution < 1.29 is 22.1 Å². The minimum absolute atomic E-state index is 0. The Kier molecular flexibility index (Phi) is 10.1. The zero-order valence-electron chi connectivity index (χ0n) is 17.3. The number of hydrogen-bond acceptors (Lipinski definition) is 1. The van der Waals surface area contributed by atoms with E-state index in [1.807, 2.05) is 0 Å². The predicted molar refractivity (Wildman–Crippen MR) is 125 cm³/mol. The van der Waals surface area contributed by atoms with Gasteiger partial charge in [0.25, 0.3) is 0 Å². The molecule has 0 bridgehead atoms. The lowest BCUT2D eigenvalue weighted by molar-refractivity contribution is -0.00000782. The van der Waals surface area contributed by atoms with Crippen LogP contribution in [0.4, 0.5) is 0 Å². The smallest absolute Gasteiger partial charge is 0.114 e. The third-order valence-electron chi connectivity index (χ3n) is 5.47. The molecule has 154 valence electrons. The average Bonchev–Trinajstić information content (AvgIpc) is 2.77. The number of aliphatic hydroxyl groups is 1. The van der Waals surface area contributed by atoms with E-state index in [0.717, 1.165) is 19.0 Å². The molecule has 0 aromatic heterocycles. The largest absolute Gasteiger partial charge is 1.00 e. The first-order valence-corrected chi connectivity index (χ1v) is 12.5. The highest BCUT2D eigenvalue weighted by Crippen LogP contribution is 2.56. The summed E-state index contributed by atoms with van der Waals surface area (Å²) in [5.74, 6) is 0. The Labute approximate surface area is 187 Å². The molecule has 3 aromatic carbocycles. The fourth-order valence-electron chi connectivity index (χ4n) is 4.03. The monoisotopic (exact) mass is 470 g/mol. The molecule has 0 aliphatic carbocycles. The Bertz CT molecular complexity index is 711. The van der Waals surface area contributed by atoms with Crippen molar-refractivity contribution in [2.75, 3.05) is 6.16 Å². The summed E-state index contributed by atoms with van der Waals surface area (Å²) in [4.78, 5) is 0. The molecule has 0 amide bonds. The van der Waals surface area contributed by atoms with Crippen LogP contribution in [-0.4, -0.2) is 17.4 Å². The maximum atomic E-state index is 11.1. The number of unbranched alkanes of at least 4 members (excludes halogenated alkanes) is 3. The van der Waals surface area contributed by atoms with Crippen molar-refractivity contribution in [3.05, 3.63) is 91.0 Å². The molecule has 1 nitrogen and oxygen atoms in total. The van der Waals surface area contributed by atoms with Gasteiger partial charge in [-0.1, -0.05) is 87.2 Å². The molecule has 0 radical (unpaired) electrons. The second-order valence-corrected chi connectivity index (χ2v) is 11.0. The number of aliphatic hydroxyl groups excluding tert-OH is 1. The van der Waals surface area contributed by atoms with E-state index in [9.17, 15) is 5.11 Å². The fourth-order valence-corrected chi connectivity index (χ4v) is 8.41.